The number of benzene rings is 4. The number of ether oxygens (including phenoxy) is 1. The van der Waals surface area contributed by atoms with Crippen LogP contribution in [0.3, 0.4) is 0 Å². The lowest BCUT2D eigenvalue weighted by Gasteiger charge is -2.16. The van der Waals surface area contributed by atoms with E-state index in [-0.39, 0.29) is 0 Å². The average Bonchev–Trinajstić information content (AvgIpc) is 3.08. The summed E-state index contributed by atoms with van der Waals surface area (Å²) in [5.74, 6) is 1.77. The summed E-state index contributed by atoms with van der Waals surface area (Å²) in [6.07, 6.45) is 0.946. The van der Waals surface area contributed by atoms with Crippen LogP contribution < -0.4 is 4.74 Å². The molecule has 1 aliphatic rings. The van der Waals surface area contributed by atoms with Gasteiger partial charge in [-0.3, -0.25) is 0 Å². The van der Waals surface area contributed by atoms with Gasteiger partial charge in [0.05, 0.1) is 0 Å². The maximum absolute atomic E-state index is 6.29. The summed E-state index contributed by atoms with van der Waals surface area (Å²) < 4.78 is 6.29. The van der Waals surface area contributed by atoms with Gasteiger partial charge in [0, 0.05) is 5.56 Å². The van der Waals surface area contributed by atoms with E-state index in [9.17, 15) is 0 Å². The smallest absolute Gasteiger partial charge is 0.135 e. The van der Waals surface area contributed by atoms with Gasteiger partial charge in [0.25, 0.3) is 0 Å². The molecule has 4 aromatic carbocycles. The van der Waals surface area contributed by atoms with Gasteiger partial charge in [0.15, 0.2) is 0 Å². The first kappa shape index (κ1) is 15.0. The minimum Gasteiger partial charge on any atom is -0.457 e. The molecule has 0 aromatic heterocycles. The van der Waals surface area contributed by atoms with Crippen molar-refractivity contribution in [3.63, 3.8) is 0 Å². The quantitative estimate of drug-likeness (QED) is 0.356. The van der Waals surface area contributed by atoms with E-state index in [1.807, 2.05) is 30.3 Å². The number of rotatable bonds is 3. The summed E-state index contributed by atoms with van der Waals surface area (Å²) in [6, 6.07) is 33.5. The molecule has 0 fully saturated rings. The van der Waals surface area contributed by atoms with Crippen molar-refractivity contribution < 1.29 is 4.74 Å². The van der Waals surface area contributed by atoms with Crippen LogP contribution in [0.15, 0.2) is 97.1 Å². The van der Waals surface area contributed by atoms with Crippen molar-refractivity contribution >= 4 is 0 Å². The first-order valence-corrected chi connectivity index (χ1v) is 8.92. The molecule has 0 unspecified atom stereocenters. The summed E-state index contributed by atoms with van der Waals surface area (Å²) in [7, 11) is 0. The lowest BCUT2D eigenvalue weighted by Crippen LogP contribution is -1.94. The largest absolute Gasteiger partial charge is 0.457 e. The molecule has 0 atom stereocenters. The molecule has 0 saturated carbocycles. The molecule has 26 heavy (non-hydrogen) atoms. The zero-order valence-electron chi connectivity index (χ0n) is 14.4. The maximum atomic E-state index is 6.29. The van der Waals surface area contributed by atoms with Crippen molar-refractivity contribution in [1.29, 1.82) is 0 Å². The highest BCUT2D eigenvalue weighted by Crippen LogP contribution is 2.46. The van der Waals surface area contributed by atoms with E-state index in [0.29, 0.717) is 0 Å². The Morgan fingerprint density at radius 1 is 0.577 bits per heavy atom. The van der Waals surface area contributed by atoms with Gasteiger partial charge in [-0.25, -0.2) is 0 Å². The Balaban J connectivity index is 1.71. The predicted molar refractivity (Wildman–Crippen MR) is 107 cm³/mol. The van der Waals surface area contributed by atoms with Crippen LogP contribution in [-0.4, -0.2) is 0 Å². The number of fused-ring (bicyclic) bond motifs is 3. The third-order valence-corrected chi connectivity index (χ3v) is 4.98. The third kappa shape index (κ3) is 2.49. The predicted octanol–water partition coefficient (Wildman–Crippen LogP) is 6.72. The fraction of sp³-hybridized carbons (Fsp3) is 0.0400. The first-order chi connectivity index (χ1) is 12.9. The second-order valence-corrected chi connectivity index (χ2v) is 6.58. The highest BCUT2D eigenvalue weighted by atomic mass is 16.5. The molecule has 0 amide bonds. The molecular weight excluding hydrogens is 316 g/mol. The van der Waals surface area contributed by atoms with Gasteiger partial charge in [0.2, 0.25) is 0 Å². The van der Waals surface area contributed by atoms with E-state index < -0.39 is 0 Å². The van der Waals surface area contributed by atoms with Gasteiger partial charge in [0.1, 0.15) is 11.5 Å². The molecular formula is C25H18O. The normalized spacial score (nSPS) is 11.7. The Morgan fingerprint density at radius 2 is 1.27 bits per heavy atom. The maximum Gasteiger partial charge on any atom is 0.135 e. The van der Waals surface area contributed by atoms with Crippen LogP contribution >= 0.6 is 0 Å². The number of hydrogen-bond acceptors (Lipinski definition) is 1. The van der Waals surface area contributed by atoms with Gasteiger partial charge >= 0.3 is 0 Å². The van der Waals surface area contributed by atoms with E-state index in [1.165, 1.54) is 33.4 Å². The minimum absolute atomic E-state index is 0.861. The van der Waals surface area contributed by atoms with Crippen molar-refractivity contribution in [2.24, 2.45) is 0 Å². The number of para-hydroxylation sites is 1. The Morgan fingerprint density at radius 3 is 2.08 bits per heavy atom. The van der Waals surface area contributed by atoms with E-state index >= 15 is 0 Å². The zero-order valence-corrected chi connectivity index (χ0v) is 14.4. The van der Waals surface area contributed by atoms with Gasteiger partial charge in [-0.05, 0) is 52.4 Å². The van der Waals surface area contributed by atoms with Crippen molar-refractivity contribution in [2.75, 3.05) is 0 Å². The topological polar surface area (TPSA) is 9.23 Å². The first-order valence-electron chi connectivity index (χ1n) is 8.92. The van der Waals surface area contributed by atoms with Crippen LogP contribution in [0.2, 0.25) is 0 Å². The second kappa shape index (κ2) is 6.20. The standard InChI is InChI=1S/C25H18O/c1-3-9-18(10-4-1)25-23-17-19-11-7-8-14-21(19)22(23)15-16-24(25)26-20-12-5-2-6-13-20/h1-16H,17H2. The molecule has 0 aliphatic heterocycles. The van der Waals surface area contributed by atoms with Gasteiger partial charge in [-0.2, -0.15) is 0 Å². The summed E-state index contributed by atoms with van der Waals surface area (Å²) in [6.45, 7) is 0. The van der Waals surface area contributed by atoms with E-state index in [4.69, 9.17) is 4.74 Å². The Kier molecular flexibility index (Phi) is 3.57. The molecule has 0 spiro atoms. The second-order valence-electron chi connectivity index (χ2n) is 6.58. The third-order valence-electron chi connectivity index (χ3n) is 4.98. The molecule has 1 nitrogen and oxygen atoms in total. The van der Waals surface area contributed by atoms with Crippen molar-refractivity contribution in [1.82, 2.24) is 0 Å². The molecule has 0 N–H and O–H groups in total. The molecule has 5 rings (SSSR count). The summed E-state index contributed by atoms with van der Waals surface area (Å²) in [4.78, 5) is 0. The Bertz CT molecular complexity index is 1070. The van der Waals surface area contributed by atoms with Gasteiger partial charge in [-0.15, -0.1) is 0 Å². The minimum atomic E-state index is 0.861. The van der Waals surface area contributed by atoms with Gasteiger partial charge < -0.3 is 4.74 Å². The van der Waals surface area contributed by atoms with Crippen molar-refractivity contribution in [3.05, 3.63) is 108 Å². The molecule has 0 bridgehead atoms. The Labute approximate surface area is 153 Å². The van der Waals surface area contributed by atoms with Crippen LogP contribution in [0.1, 0.15) is 11.1 Å². The van der Waals surface area contributed by atoms with E-state index in [2.05, 4.69) is 66.7 Å². The molecule has 0 radical (unpaired) electrons. The van der Waals surface area contributed by atoms with E-state index in [0.717, 1.165) is 17.9 Å². The van der Waals surface area contributed by atoms with Crippen molar-refractivity contribution in [2.45, 2.75) is 6.42 Å². The zero-order chi connectivity index (χ0) is 17.3. The van der Waals surface area contributed by atoms with Crippen LogP contribution in [0.5, 0.6) is 11.5 Å². The SMILES string of the molecule is c1ccc(Oc2ccc3c(c2-c2ccccc2)Cc2ccccc2-3)cc1. The summed E-state index contributed by atoms with van der Waals surface area (Å²) >= 11 is 0. The fourth-order valence-electron chi connectivity index (χ4n) is 3.81. The average molecular weight is 334 g/mol. The molecule has 4 aromatic rings. The van der Waals surface area contributed by atoms with Crippen LogP contribution in [0.4, 0.5) is 0 Å². The lowest BCUT2D eigenvalue weighted by molar-refractivity contribution is 0.484. The highest BCUT2D eigenvalue weighted by molar-refractivity contribution is 5.88. The Hall–Kier alpha value is -3.32. The van der Waals surface area contributed by atoms with Gasteiger partial charge in [-0.1, -0.05) is 78.9 Å². The molecule has 124 valence electrons. The molecule has 0 heterocycles. The van der Waals surface area contributed by atoms with Crippen molar-refractivity contribution in [3.8, 4) is 33.8 Å². The molecule has 1 heteroatoms. The molecule has 0 saturated heterocycles. The van der Waals surface area contributed by atoms with Crippen LogP contribution in [0.25, 0.3) is 22.3 Å². The summed E-state index contributed by atoms with van der Waals surface area (Å²) in [5, 5.41) is 0. The molecule has 1 aliphatic carbocycles. The van der Waals surface area contributed by atoms with Crippen LogP contribution in [-0.2, 0) is 6.42 Å². The monoisotopic (exact) mass is 334 g/mol. The highest BCUT2D eigenvalue weighted by Gasteiger charge is 2.24. The summed E-state index contributed by atoms with van der Waals surface area (Å²) in [5.41, 5.74) is 7.79. The van der Waals surface area contributed by atoms with Crippen LogP contribution in [0, 0.1) is 0 Å². The van der Waals surface area contributed by atoms with E-state index in [1.54, 1.807) is 0 Å². The number of hydrogen-bond donors (Lipinski definition) is 0. The fourth-order valence-corrected chi connectivity index (χ4v) is 3.81. The lowest BCUT2D eigenvalue weighted by atomic mass is 9.94.